The van der Waals surface area contributed by atoms with Crippen molar-refractivity contribution in [3.05, 3.63) is 86.0 Å². The highest BCUT2D eigenvalue weighted by Gasteiger charge is 2.37. The Hall–Kier alpha value is -2.92. The van der Waals surface area contributed by atoms with Gasteiger partial charge in [0, 0.05) is 21.4 Å². The minimum atomic E-state index is -0.711. The molecule has 0 spiro atoms. The van der Waals surface area contributed by atoms with Crippen LogP contribution >= 0.6 is 35.0 Å². The van der Waals surface area contributed by atoms with E-state index in [0.29, 0.717) is 49.6 Å². The zero-order chi connectivity index (χ0) is 25.4. The highest BCUT2D eigenvalue weighted by molar-refractivity contribution is 8.03. The molecule has 6 nitrogen and oxygen atoms in total. The van der Waals surface area contributed by atoms with E-state index < -0.39 is 11.9 Å². The third-order valence-electron chi connectivity index (χ3n) is 5.22. The summed E-state index contributed by atoms with van der Waals surface area (Å²) >= 11 is 13.6. The smallest absolute Gasteiger partial charge is 0.336 e. The molecule has 0 saturated carbocycles. The highest BCUT2D eigenvalue weighted by atomic mass is 35.5. The largest absolute Gasteiger partial charge is 0.463 e. The van der Waals surface area contributed by atoms with Gasteiger partial charge in [-0.1, -0.05) is 66.5 Å². The zero-order valence-electron chi connectivity index (χ0n) is 19.4. The van der Waals surface area contributed by atoms with E-state index in [1.165, 1.54) is 11.8 Å². The van der Waals surface area contributed by atoms with Gasteiger partial charge < -0.3 is 15.4 Å². The summed E-state index contributed by atoms with van der Waals surface area (Å²) < 4.78 is 5.36. The lowest BCUT2D eigenvalue weighted by atomic mass is 9.81. The second-order valence-corrected chi connectivity index (χ2v) is 9.47. The van der Waals surface area contributed by atoms with Crippen LogP contribution in [0.2, 0.25) is 10.0 Å². The van der Waals surface area contributed by atoms with Crippen molar-refractivity contribution in [1.29, 1.82) is 5.26 Å². The average molecular weight is 530 g/mol. The molecule has 9 heteroatoms. The number of nitrogens with zero attached hydrogens (tertiary/aromatic N) is 1. The molecular weight excluding hydrogens is 505 g/mol. The van der Waals surface area contributed by atoms with Crippen molar-refractivity contribution < 1.29 is 14.3 Å². The van der Waals surface area contributed by atoms with Crippen molar-refractivity contribution in [3.8, 4) is 6.07 Å². The molecule has 1 aliphatic rings. The van der Waals surface area contributed by atoms with Crippen LogP contribution in [0.3, 0.4) is 0 Å². The third-order valence-corrected chi connectivity index (χ3v) is 6.83. The van der Waals surface area contributed by atoms with Crippen molar-refractivity contribution in [2.75, 3.05) is 17.7 Å². The number of nitriles is 1. The molecule has 0 unspecified atom stereocenters. The summed E-state index contributed by atoms with van der Waals surface area (Å²) in [5, 5.41) is 17.8. The number of hydrogen-bond acceptors (Lipinski definition) is 6. The van der Waals surface area contributed by atoms with Gasteiger partial charge in [0.2, 0.25) is 5.91 Å². The molecule has 1 atom stereocenters. The molecule has 1 heterocycles. The molecule has 2 aromatic carbocycles. The number of thioether (sulfide) groups is 1. The molecule has 35 heavy (non-hydrogen) atoms. The quantitative estimate of drug-likeness (QED) is 0.365. The van der Waals surface area contributed by atoms with Crippen LogP contribution in [0.15, 0.2) is 70.4 Å². The number of hydrogen-bond donors (Lipinski definition) is 2. The van der Waals surface area contributed by atoms with Gasteiger partial charge in [-0.25, -0.2) is 4.79 Å². The number of benzene rings is 2. The molecule has 1 amide bonds. The van der Waals surface area contributed by atoms with Crippen LogP contribution in [-0.4, -0.2) is 24.2 Å². The van der Waals surface area contributed by atoms with Gasteiger partial charge in [-0.2, -0.15) is 5.26 Å². The van der Waals surface area contributed by atoms with Crippen LogP contribution in [0.25, 0.3) is 0 Å². The fraction of sp³-hybridized carbons (Fsp3) is 0.269. The van der Waals surface area contributed by atoms with Gasteiger partial charge in [0.15, 0.2) is 0 Å². The first-order valence-corrected chi connectivity index (χ1v) is 12.9. The second kappa shape index (κ2) is 12.7. The number of halogens is 2. The molecule has 3 rings (SSSR count). The van der Waals surface area contributed by atoms with Crippen LogP contribution in [0.4, 0.5) is 5.69 Å². The standard InChI is InChI=1S/C26H25Cl2N3O3S/c1-3-7-21-24(26(33)34-4-2)23(18-8-5-6-9-20(18)28)19(14-29)25(31-21)35-15-22(32)30-17-12-10-16(27)11-13-17/h5-6,8-13,23,31H,3-4,7,15H2,1-2H3,(H,30,32)/t23-/m0/s1. The Bertz CT molecular complexity index is 1200. The molecule has 2 aromatic rings. The van der Waals surface area contributed by atoms with Gasteiger partial charge >= 0.3 is 5.97 Å². The van der Waals surface area contributed by atoms with Gasteiger partial charge in [0.1, 0.15) is 0 Å². The van der Waals surface area contributed by atoms with E-state index in [0.717, 1.165) is 6.42 Å². The van der Waals surface area contributed by atoms with Crippen molar-refractivity contribution in [2.24, 2.45) is 0 Å². The lowest BCUT2D eigenvalue weighted by Gasteiger charge is -2.31. The van der Waals surface area contributed by atoms with Crippen molar-refractivity contribution >= 4 is 52.5 Å². The predicted octanol–water partition coefficient (Wildman–Crippen LogP) is 6.40. The molecule has 0 saturated heterocycles. The van der Waals surface area contributed by atoms with Crippen LogP contribution < -0.4 is 10.6 Å². The third kappa shape index (κ3) is 6.61. The normalized spacial score (nSPS) is 15.3. The monoisotopic (exact) mass is 529 g/mol. The summed E-state index contributed by atoms with van der Waals surface area (Å²) in [5.41, 5.74) is 2.60. The molecule has 182 valence electrons. The molecule has 0 aromatic heterocycles. The number of ether oxygens (including phenoxy) is 1. The van der Waals surface area contributed by atoms with E-state index in [-0.39, 0.29) is 18.3 Å². The number of rotatable bonds is 9. The number of esters is 1. The highest BCUT2D eigenvalue weighted by Crippen LogP contribution is 2.44. The fourth-order valence-corrected chi connectivity index (χ4v) is 4.97. The van der Waals surface area contributed by atoms with E-state index >= 15 is 0 Å². The van der Waals surface area contributed by atoms with Gasteiger partial charge in [-0.05, 0) is 49.2 Å². The van der Waals surface area contributed by atoms with Gasteiger partial charge in [-0.3, -0.25) is 4.79 Å². The number of carbonyl (C=O) groups is 2. The minimum absolute atomic E-state index is 0.0551. The van der Waals surface area contributed by atoms with Gasteiger partial charge in [0.25, 0.3) is 0 Å². The molecule has 0 fully saturated rings. The Labute approximate surface area is 219 Å². The maximum atomic E-state index is 13.1. The lowest BCUT2D eigenvalue weighted by molar-refractivity contribution is -0.138. The van der Waals surface area contributed by atoms with E-state index in [1.54, 1.807) is 49.4 Å². The van der Waals surface area contributed by atoms with Crippen LogP contribution in [0, 0.1) is 11.3 Å². The summed E-state index contributed by atoms with van der Waals surface area (Å²) in [6.45, 7) is 3.94. The summed E-state index contributed by atoms with van der Waals surface area (Å²) in [6.07, 6.45) is 1.33. The van der Waals surface area contributed by atoms with E-state index in [4.69, 9.17) is 27.9 Å². The van der Waals surface area contributed by atoms with Crippen molar-refractivity contribution in [1.82, 2.24) is 5.32 Å². The Morgan fingerprint density at radius 1 is 1.14 bits per heavy atom. The summed E-state index contributed by atoms with van der Waals surface area (Å²) in [6, 6.07) is 16.2. The Morgan fingerprint density at radius 2 is 1.86 bits per heavy atom. The van der Waals surface area contributed by atoms with E-state index in [1.807, 2.05) is 13.0 Å². The van der Waals surface area contributed by atoms with Crippen LogP contribution in [-0.2, 0) is 14.3 Å². The molecule has 0 radical (unpaired) electrons. The molecular formula is C26H25Cl2N3O3S. The number of allylic oxidation sites excluding steroid dienone is 2. The zero-order valence-corrected chi connectivity index (χ0v) is 21.7. The first-order chi connectivity index (χ1) is 16.9. The van der Waals surface area contributed by atoms with Crippen LogP contribution in [0.1, 0.15) is 38.2 Å². The van der Waals surface area contributed by atoms with E-state index in [2.05, 4.69) is 16.7 Å². The molecule has 0 bridgehead atoms. The summed E-state index contributed by atoms with van der Waals surface area (Å²) in [5.74, 6) is -1.39. The number of nitrogens with one attached hydrogen (secondary N) is 2. The number of dihydropyridines is 1. The SMILES string of the molecule is CCCC1=C(C(=O)OCC)[C@@H](c2ccccc2Cl)C(C#N)=C(SCC(=O)Nc2ccc(Cl)cc2)N1. The number of carbonyl (C=O) groups excluding carboxylic acids is 2. The Balaban J connectivity index is 1.97. The molecule has 0 aliphatic carbocycles. The maximum absolute atomic E-state index is 13.1. The number of anilines is 1. The Kier molecular flexibility index (Phi) is 9.67. The van der Waals surface area contributed by atoms with Crippen molar-refractivity contribution in [2.45, 2.75) is 32.6 Å². The van der Waals surface area contributed by atoms with E-state index in [9.17, 15) is 14.9 Å². The second-order valence-electron chi connectivity index (χ2n) is 7.64. The van der Waals surface area contributed by atoms with Crippen molar-refractivity contribution in [3.63, 3.8) is 0 Å². The lowest BCUT2D eigenvalue weighted by Crippen LogP contribution is -2.30. The fourth-order valence-electron chi connectivity index (χ4n) is 3.74. The Morgan fingerprint density at radius 3 is 2.49 bits per heavy atom. The molecule has 2 N–H and O–H groups in total. The first kappa shape index (κ1) is 26.7. The predicted molar refractivity (Wildman–Crippen MR) is 141 cm³/mol. The summed E-state index contributed by atoms with van der Waals surface area (Å²) in [4.78, 5) is 25.7. The number of amides is 1. The van der Waals surface area contributed by atoms with Crippen LogP contribution in [0.5, 0.6) is 0 Å². The maximum Gasteiger partial charge on any atom is 0.336 e. The molecule has 1 aliphatic heterocycles. The summed E-state index contributed by atoms with van der Waals surface area (Å²) in [7, 11) is 0. The topological polar surface area (TPSA) is 91.2 Å². The average Bonchev–Trinajstić information content (AvgIpc) is 2.84. The van der Waals surface area contributed by atoms with Gasteiger partial charge in [-0.15, -0.1) is 0 Å². The van der Waals surface area contributed by atoms with Gasteiger partial charge in [0.05, 0.1) is 40.5 Å². The minimum Gasteiger partial charge on any atom is -0.463 e. The first-order valence-electron chi connectivity index (χ1n) is 11.1.